The van der Waals surface area contributed by atoms with E-state index in [1.807, 2.05) is 6.07 Å². The number of halogens is 1. The van der Waals surface area contributed by atoms with E-state index in [1.165, 1.54) is 18.5 Å². The molecule has 1 aliphatic carbocycles. The number of esters is 1. The molecule has 1 spiro atoms. The Morgan fingerprint density at radius 1 is 1.06 bits per heavy atom. The van der Waals surface area contributed by atoms with E-state index < -0.39 is 11.6 Å². The number of nitrogens with one attached hydrogen (secondary N) is 1. The average molecular weight is 418 g/mol. The predicted octanol–water partition coefficient (Wildman–Crippen LogP) is 3.87. The maximum atomic E-state index is 13.9. The Labute approximate surface area is 177 Å². The molecule has 3 aromatic rings. The number of fused-ring (bicyclic) bond motifs is 2. The molecule has 1 aromatic carbocycles. The summed E-state index contributed by atoms with van der Waals surface area (Å²) >= 11 is 0. The first-order valence-corrected chi connectivity index (χ1v) is 10.1. The molecule has 8 heteroatoms. The monoisotopic (exact) mass is 418 g/mol. The van der Waals surface area contributed by atoms with Crippen LogP contribution in [0.4, 0.5) is 10.3 Å². The van der Waals surface area contributed by atoms with Crippen molar-refractivity contribution in [1.82, 2.24) is 15.0 Å². The summed E-state index contributed by atoms with van der Waals surface area (Å²) in [5.41, 5.74) is 1.43. The van der Waals surface area contributed by atoms with E-state index in [0.717, 1.165) is 5.56 Å². The minimum absolute atomic E-state index is 0.173. The fourth-order valence-electron chi connectivity index (χ4n) is 4.37. The molecule has 1 saturated carbocycles. The summed E-state index contributed by atoms with van der Waals surface area (Å²) in [5, 5.41) is 2.74. The van der Waals surface area contributed by atoms with Crippen molar-refractivity contribution < 1.29 is 18.7 Å². The van der Waals surface area contributed by atoms with Crippen LogP contribution in [-0.4, -0.2) is 26.8 Å². The number of rotatable bonds is 3. The van der Waals surface area contributed by atoms with Crippen LogP contribution < -0.4 is 5.32 Å². The Morgan fingerprint density at radius 3 is 2.55 bits per heavy atom. The van der Waals surface area contributed by atoms with Gasteiger partial charge in [-0.2, -0.15) is 0 Å². The van der Waals surface area contributed by atoms with Gasteiger partial charge in [-0.3, -0.25) is 10.1 Å². The molecule has 0 atom stereocenters. The highest BCUT2D eigenvalue weighted by molar-refractivity contribution is 5.93. The second kappa shape index (κ2) is 7.54. The van der Waals surface area contributed by atoms with Gasteiger partial charge in [-0.05, 0) is 37.8 Å². The van der Waals surface area contributed by atoms with Crippen LogP contribution in [0.25, 0.3) is 11.1 Å². The van der Waals surface area contributed by atoms with Gasteiger partial charge < -0.3 is 4.74 Å². The van der Waals surface area contributed by atoms with E-state index in [1.54, 1.807) is 30.5 Å². The van der Waals surface area contributed by atoms with Crippen molar-refractivity contribution in [2.75, 3.05) is 5.32 Å². The molecule has 0 bridgehead atoms. The number of pyridine rings is 1. The van der Waals surface area contributed by atoms with Crippen molar-refractivity contribution in [2.45, 2.75) is 31.3 Å². The van der Waals surface area contributed by atoms with Crippen LogP contribution in [0.2, 0.25) is 0 Å². The molecular formula is C23H19FN4O3. The molecule has 2 aliphatic rings. The van der Waals surface area contributed by atoms with Gasteiger partial charge in [-0.1, -0.05) is 24.3 Å². The van der Waals surface area contributed by atoms with Gasteiger partial charge in [0.15, 0.2) is 5.69 Å². The predicted molar refractivity (Wildman–Crippen MR) is 109 cm³/mol. The lowest BCUT2D eigenvalue weighted by Crippen LogP contribution is -2.36. The Morgan fingerprint density at radius 2 is 1.81 bits per heavy atom. The normalized spacial score (nSPS) is 22.1. The Kier molecular flexibility index (Phi) is 4.69. The van der Waals surface area contributed by atoms with E-state index in [4.69, 9.17) is 4.74 Å². The van der Waals surface area contributed by atoms with Crippen LogP contribution in [0.15, 0.2) is 55.0 Å². The number of carbonyl (C=O) groups is 2. The molecule has 156 valence electrons. The topological polar surface area (TPSA) is 94.1 Å². The molecule has 2 aromatic heterocycles. The second-order valence-corrected chi connectivity index (χ2v) is 7.82. The minimum Gasteiger partial charge on any atom is -0.449 e. The molecule has 1 amide bonds. The Bertz CT molecular complexity index is 1160. The molecule has 7 nitrogen and oxygen atoms in total. The van der Waals surface area contributed by atoms with Gasteiger partial charge in [-0.15, -0.1) is 0 Å². The molecule has 1 aliphatic heterocycles. The fraction of sp³-hybridized carbons (Fsp3) is 0.261. The lowest BCUT2D eigenvalue weighted by Gasteiger charge is -2.35. The molecule has 0 saturated heterocycles. The molecule has 0 unspecified atom stereocenters. The fourth-order valence-corrected chi connectivity index (χ4v) is 4.37. The maximum Gasteiger partial charge on any atom is 0.358 e. The molecule has 3 heterocycles. The highest BCUT2D eigenvalue weighted by Crippen LogP contribution is 2.47. The Hall–Kier alpha value is -3.68. The quantitative estimate of drug-likeness (QED) is 0.649. The van der Waals surface area contributed by atoms with Crippen molar-refractivity contribution in [3.05, 3.63) is 72.1 Å². The van der Waals surface area contributed by atoms with Gasteiger partial charge >= 0.3 is 5.97 Å². The van der Waals surface area contributed by atoms with Crippen molar-refractivity contribution in [3.63, 3.8) is 0 Å². The number of nitrogens with zero attached hydrogens (tertiary/aromatic N) is 3. The second-order valence-electron chi connectivity index (χ2n) is 7.82. The zero-order chi connectivity index (χ0) is 21.4. The number of amides is 1. The molecule has 1 fully saturated rings. The van der Waals surface area contributed by atoms with E-state index in [9.17, 15) is 14.0 Å². The van der Waals surface area contributed by atoms with Crippen molar-refractivity contribution in [1.29, 1.82) is 0 Å². The number of ether oxygens (including phenoxy) is 1. The zero-order valence-corrected chi connectivity index (χ0v) is 16.5. The van der Waals surface area contributed by atoms with E-state index in [0.29, 0.717) is 42.5 Å². The highest BCUT2D eigenvalue weighted by Gasteiger charge is 2.49. The number of hydrogen-bond donors (Lipinski definition) is 1. The third kappa shape index (κ3) is 3.43. The van der Waals surface area contributed by atoms with Crippen molar-refractivity contribution in [2.24, 2.45) is 5.92 Å². The number of anilines is 1. The Balaban J connectivity index is 1.24. The number of benzene rings is 1. The molecule has 0 radical (unpaired) electrons. The van der Waals surface area contributed by atoms with E-state index >= 15 is 0 Å². The summed E-state index contributed by atoms with van der Waals surface area (Å²) in [6.07, 6.45) is 6.81. The van der Waals surface area contributed by atoms with E-state index in [2.05, 4.69) is 20.3 Å². The van der Waals surface area contributed by atoms with Crippen LogP contribution in [0.3, 0.4) is 0 Å². The largest absolute Gasteiger partial charge is 0.449 e. The standard InChI is InChI=1S/C23H19FN4O3/c24-18-6-2-1-4-16(18)15-12-26-22(27-13-15)28-20(29)14-7-9-23(10-8-14)17-5-3-11-25-19(17)21(30)31-23/h1-6,11-14H,7-10H2,(H,26,27,28,29). The first kappa shape index (κ1) is 19.3. The SMILES string of the molecule is O=C1OC2(CCC(C(=O)Nc3ncc(-c4ccccc4F)cn3)CC2)c2cccnc21. The molecule has 5 rings (SSSR count). The maximum absolute atomic E-state index is 13.9. The molecule has 31 heavy (non-hydrogen) atoms. The summed E-state index contributed by atoms with van der Waals surface area (Å²) in [6, 6.07) is 10.0. The number of carbonyl (C=O) groups excluding carboxylic acids is 2. The van der Waals surface area contributed by atoms with Crippen LogP contribution in [-0.2, 0) is 15.1 Å². The van der Waals surface area contributed by atoms with Gasteiger partial charge in [0.25, 0.3) is 0 Å². The van der Waals surface area contributed by atoms with Crippen LogP contribution >= 0.6 is 0 Å². The summed E-state index contributed by atoms with van der Waals surface area (Å²) in [5.74, 6) is -0.999. The van der Waals surface area contributed by atoms with Gasteiger partial charge in [0.1, 0.15) is 11.4 Å². The third-order valence-corrected chi connectivity index (χ3v) is 6.02. The van der Waals surface area contributed by atoms with Gasteiger partial charge in [-0.25, -0.2) is 24.1 Å². The summed E-state index contributed by atoms with van der Waals surface area (Å²) < 4.78 is 19.6. The first-order valence-electron chi connectivity index (χ1n) is 10.1. The summed E-state index contributed by atoms with van der Waals surface area (Å²) in [7, 11) is 0. The molecular weight excluding hydrogens is 399 g/mol. The van der Waals surface area contributed by atoms with Gasteiger partial charge in [0.05, 0.1) is 0 Å². The number of aromatic nitrogens is 3. The lowest BCUT2D eigenvalue weighted by atomic mass is 9.75. The van der Waals surface area contributed by atoms with Crippen molar-refractivity contribution in [3.8, 4) is 11.1 Å². The summed E-state index contributed by atoms with van der Waals surface area (Å²) in [4.78, 5) is 37.3. The van der Waals surface area contributed by atoms with Crippen LogP contribution in [0.5, 0.6) is 0 Å². The minimum atomic E-state index is -0.685. The van der Waals surface area contributed by atoms with Crippen LogP contribution in [0, 0.1) is 11.7 Å². The van der Waals surface area contributed by atoms with E-state index in [-0.39, 0.29) is 23.6 Å². The molecule has 1 N–H and O–H groups in total. The third-order valence-electron chi connectivity index (χ3n) is 6.02. The first-order chi connectivity index (χ1) is 15.1. The highest BCUT2D eigenvalue weighted by atomic mass is 19.1. The average Bonchev–Trinajstić information content (AvgIpc) is 3.07. The zero-order valence-electron chi connectivity index (χ0n) is 16.5. The van der Waals surface area contributed by atoms with Crippen LogP contribution in [0.1, 0.15) is 41.7 Å². The van der Waals surface area contributed by atoms with Gasteiger partial charge in [0.2, 0.25) is 11.9 Å². The van der Waals surface area contributed by atoms with Gasteiger partial charge in [0, 0.05) is 41.2 Å². The summed E-state index contributed by atoms with van der Waals surface area (Å²) in [6.45, 7) is 0. The lowest BCUT2D eigenvalue weighted by molar-refractivity contribution is -0.122. The smallest absolute Gasteiger partial charge is 0.358 e. The van der Waals surface area contributed by atoms with Crippen molar-refractivity contribution >= 4 is 17.8 Å². The number of hydrogen-bond acceptors (Lipinski definition) is 6.